The monoisotopic (exact) mass is 416 g/mol. The maximum absolute atomic E-state index is 12.3. The number of H-pyrrole nitrogens is 1. The van der Waals surface area contributed by atoms with Gasteiger partial charge in [-0.2, -0.15) is 0 Å². The van der Waals surface area contributed by atoms with Crippen molar-refractivity contribution in [1.82, 2.24) is 20.2 Å². The number of rotatable bonds is 7. The Morgan fingerprint density at radius 3 is 2.67 bits per heavy atom. The van der Waals surface area contributed by atoms with E-state index >= 15 is 0 Å². The number of aromatic nitrogens is 2. The summed E-state index contributed by atoms with van der Waals surface area (Å²) in [5.74, 6) is 2.87. The molecule has 2 heterocycles. The van der Waals surface area contributed by atoms with E-state index in [2.05, 4.69) is 24.9 Å². The standard InChI is InChI=1S/C22H23F3N4O/c23-22(24,25)30-15-5-3-4-14(8-15)9-26-10-16-17-11-29(12-18(16)17)13-21-27-19-6-1-2-7-20(19)28-21/h1-8,16-18,26H,9-13H2,(H,27,28). The summed E-state index contributed by atoms with van der Waals surface area (Å²) in [6.45, 7) is 4.41. The van der Waals surface area contributed by atoms with E-state index in [-0.39, 0.29) is 5.75 Å². The van der Waals surface area contributed by atoms with Gasteiger partial charge in [-0.3, -0.25) is 4.90 Å². The fourth-order valence-electron chi connectivity index (χ4n) is 4.70. The number of nitrogens with one attached hydrogen (secondary N) is 2. The van der Waals surface area contributed by atoms with Gasteiger partial charge in [0.25, 0.3) is 0 Å². The quantitative estimate of drug-likeness (QED) is 0.613. The van der Waals surface area contributed by atoms with Gasteiger partial charge < -0.3 is 15.0 Å². The molecule has 1 aliphatic carbocycles. The Morgan fingerprint density at radius 2 is 1.90 bits per heavy atom. The third kappa shape index (κ3) is 4.29. The first-order valence-corrected chi connectivity index (χ1v) is 10.2. The zero-order valence-electron chi connectivity index (χ0n) is 16.3. The Kier molecular flexibility index (Phi) is 4.91. The molecular weight excluding hydrogens is 393 g/mol. The lowest BCUT2D eigenvalue weighted by Gasteiger charge is -2.18. The minimum absolute atomic E-state index is 0.175. The van der Waals surface area contributed by atoms with E-state index in [0.29, 0.717) is 24.3 Å². The number of imidazole rings is 1. The second-order valence-electron chi connectivity index (χ2n) is 8.21. The second-order valence-corrected chi connectivity index (χ2v) is 8.21. The Morgan fingerprint density at radius 1 is 1.10 bits per heavy atom. The van der Waals surface area contributed by atoms with Crippen LogP contribution in [0, 0.1) is 17.8 Å². The van der Waals surface area contributed by atoms with Gasteiger partial charge in [-0.1, -0.05) is 24.3 Å². The predicted molar refractivity (Wildman–Crippen MR) is 107 cm³/mol. The van der Waals surface area contributed by atoms with Gasteiger partial charge in [0.2, 0.25) is 0 Å². The van der Waals surface area contributed by atoms with Crippen molar-refractivity contribution in [3.05, 3.63) is 59.9 Å². The molecular formula is C22H23F3N4O. The molecule has 0 spiro atoms. The van der Waals surface area contributed by atoms with Crippen LogP contribution < -0.4 is 10.1 Å². The second kappa shape index (κ2) is 7.59. The van der Waals surface area contributed by atoms with Gasteiger partial charge in [-0.05, 0) is 54.1 Å². The number of alkyl halides is 3. The highest BCUT2D eigenvalue weighted by Crippen LogP contribution is 2.51. The number of hydrogen-bond donors (Lipinski definition) is 2. The van der Waals surface area contributed by atoms with Gasteiger partial charge in [-0.15, -0.1) is 13.2 Å². The topological polar surface area (TPSA) is 53.2 Å². The number of aromatic amines is 1. The van der Waals surface area contributed by atoms with E-state index < -0.39 is 6.36 Å². The molecule has 2 aliphatic rings. The normalized spacial score (nSPS) is 23.6. The van der Waals surface area contributed by atoms with Crippen molar-refractivity contribution in [1.29, 1.82) is 0 Å². The van der Waals surface area contributed by atoms with Gasteiger partial charge >= 0.3 is 6.36 Å². The fourth-order valence-corrected chi connectivity index (χ4v) is 4.70. The van der Waals surface area contributed by atoms with Gasteiger partial charge in [0.15, 0.2) is 0 Å². The Labute approximate surface area is 172 Å². The summed E-state index contributed by atoms with van der Waals surface area (Å²) in [4.78, 5) is 10.5. The van der Waals surface area contributed by atoms with Gasteiger partial charge in [0.1, 0.15) is 11.6 Å². The molecule has 5 rings (SSSR count). The molecule has 3 aromatic rings. The lowest BCUT2D eigenvalue weighted by atomic mass is 10.2. The molecule has 0 radical (unpaired) electrons. The van der Waals surface area contributed by atoms with Crippen LogP contribution in [-0.4, -0.2) is 40.9 Å². The van der Waals surface area contributed by atoms with Crippen LogP contribution in [0.4, 0.5) is 13.2 Å². The zero-order valence-corrected chi connectivity index (χ0v) is 16.3. The molecule has 0 bridgehead atoms. The highest BCUT2D eigenvalue weighted by molar-refractivity contribution is 5.74. The lowest BCUT2D eigenvalue weighted by molar-refractivity contribution is -0.274. The molecule has 2 aromatic carbocycles. The maximum Gasteiger partial charge on any atom is 0.573 e. The Hall–Kier alpha value is -2.58. The predicted octanol–water partition coefficient (Wildman–Crippen LogP) is 3.93. The van der Waals surface area contributed by atoms with Gasteiger partial charge in [0, 0.05) is 19.6 Å². The molecule has 1 aliphatic heterocycles. The number of benzene rings is 2. The van der Waals surface area contributed by atoms with Crippen LogP contribution in [0.1, 0.15) is 11.4 Å². The number of hydrogen-bond acceptors (Lipinski definition) is 4. The summed E-state index contributed by atoms with van der Waals surface area (Å²) in [5, 5.41) is 3.39. The molecule has 30 heavy (non-hydrogen) atoms. The summed E-state index contributed by atoms with van der Waals surface area (Å²) in [6, 6.07) is 14.2. The summed E-state index contributed by atoms with van der Waals surface area (Å²) >= 11 is 0. The number of halogens is 3. The summed E-state index contributed by atoms with van der Waals surface area (Å²) in [6.07, 6.45) is -4.66. The van der Waals surface area contributed by atoms with E-state index in [4.69, 9.17) is 0 Å². The van der Waals surface area contributed by atoms with Crippen LogP contribution in [-0.2, 0) is 13.1 Å². The molecule has 158 valence electrons. The molecule has 1 saturated carbocycles. The average Bonchev–Trinajstić information content (AvgIpc) is 3.03. The highest BCUT2D eigenvalue weighted by Gasteiger charge is 2.54. The molecule has 1 aromatic heterocycles. The van der Waals surface area contributed by atoms with Crippen LogP contribution >= 0.6 is 0 Å². The largest absolute Gasteiger partial charge is 0.573 e. The van der Waals surface area contributed by atoms with Crippen LogP contribution in [0.2, 0.25) is 0 Å². The van der Waals surface area contributed by atoms with Crippen molar-refractivity contribution in [2.75, 3.05) is 19.6 Å². The first-order valence-electron chi connectivity index (χ1n) is 10.2. The van der Waals surface area contributed by atoms with E-state index in [0.717, 1.165) is 48.6 Å². The van der Waals surface area contributed by atoms with E-state index in [1.165, 1.54) is 12.1 Å². The summed E-state index contributed by atoms with van der Waals surface area (Å²) in [5.41, 5.74) is 2.86. The van der Waals surface area contributed by atoms with Crippen molar-refractivity contribution in [2.45, 2.75) is 19.5 Å². The smallest absolute Gasteiger partial charge is 0.406 e. The fraction of sp³-hybridized carbons (Fsp3) is 0.409. The van der Waals surface area contributed by atoms with Crippen molar-refractivity contribution >= 4 is 11.0 Å². The SMILES string of the molecule is FC(F)(F)Oc1cccc(CNCC2C3CN(Cc4nc5ccccc5[nH]4)CC23)c1. The van der Waals surface area contributed by atoms with Gasteiger partial charge in [-0.25, -0.2) is 4.98 Å². The van der Waals surface area contributed by atoms with Gasteiger partial charge in [0.05, 0.1) is 17.6 Å². The Balaban J connectivity index is 1.06. The molecule has 2 unspecified atom stereocenters. The number of ether oxygens (including phenoxy) is 1. The van der Waals surface area contributed by atoms with Crippen LogP contribution in [0.3, 0.4) is 0 Å². The maximum atomic E-state index is 12.3. The third-order valence-electron chi connectivity index (χ3n) is 6.10. The zero-order chi connectivity index (χ0) is 20.7. The van der Waals surface area contributed by atoms with Crippen LogP contribution in [0.5, 0.6) is 5.75 Å². The van der Waals surface area contributed by atoms with E-state index in [9.17, 15) is 13.2 Å². The summed E-state index contributed by atoms with van der Waals surface area (Å²) < 4.78 is 41.0. The highest BCUT2D eigenvalue weighted by atomic mass is 19.4. The number of fused-ring (bicyclic) bond motifs is 2. The minimum atomic E-state index is -4.66. The van der Waals surface area contributed by atoms with Crippen LogP contribution in [0.15, 0.2) is 48.5 Å². The number of para-hydroxylation sites is 2. The molecule has 2 fully saturated rings. The van der Waals surface area contributed by atoms with E-state index in [1.54, 1.807) is 12.1 Å². The van der Waals surface area contributed by atoms with Crippen molar-refractivity contribution in [3.63, 3.8) is 0 Å². The number of nitrogens with zero attached hydrogens (tertiary/aromatic N) is 2. The first kappa shape index (κ1) is 19.4. The molecule has 0 amide bonds. The molecule has 5 nitrogen and oxygen atoms in total. The summed E-state index contributed by atoms with van der Waals surface area (Å²) in [7, 11) is 0. The average molecular weight is 416 g/mol. The molecule has 2 N–H and O–H groups in total. The minimum Gasteiger partial charge on any atom is -0.406 e. The number of piperidine rings is 1. The Bertz CT molecular complexity index is 989. The number of likely N-dealkylation sites (tertiary alicyclic amines) is 1. The molecule has 2 atom stereocenters. The first-order chi connectivity index (χ1) is 14.4. The lowest BCUT2D eigenvalue weighted by Crippen LogP contribution is -2.27. The van der Waals surface area contributed by atoms with Crippen LogP contribution in [0.25, 0.3) is 11.0 Å². The van der Waals surface area contributed by atoms with Crippen molar-refractivity contribution in [2.24, 2.45) is 17.8 Å². The van der Waals surface area contributed by atoms with Crippen molar-refractivity contribution < 1.29 is 17.9 Å². The van der Waals surface area contributed by atoms with Crippen molar-refractivity contribution in [3.8, 4) is 5.75 Å². The van der Waals surface area contributed by atoms with E-state index in [1.807, 2.05) is 24.3 Å². The molecule has 8 heteroatoms. The third-order valence-corrected chi connectivity index (χ3v) is 6.10. The molecule has 1 saturated heterocycles.